The Balaban J connectivity index is 1.65. The summed E-state index contributed by atoms with van der Waals surface area (Å²) in [5.41, 5.74) is 1.44. The Labute approximate surface area is 180 Å². The molecule has 3 aromatic carbocycles. The lowest BCUT2D eigenvalue weighted by atomic mass is 10.2. The van der Waals surface area contributed by atoms with Crippen LogP contribution in [0.4, 0.5) is 0 Å². The molecule has 3 aromatic rings. The molecule has 0 heterocycles. The van der Waals surface area contributed by atoms with E-state index in [1.165, 1.54) is 18.9 Å². The van der Waals surface area contributed by atoms with E-state index < -0.39 is 5.25 Å². The lowest BCUT2D eigenvalue weighted by molar-refractivity contribution is -0.139. The second-order valence-corrected chi connectivity index (χ2v) is 7.91. The molecule has 0 aliphatic heterocycles. The number of esters is 1. The molecule has 0 aliphatic rings. The van der Waals surface area contributed by atoms with E-state index in [2.05, 4.69) is 5.32 Å². The number of carbonyl (C=O) groups is 2. The van der Waals surface area contributed by atoms with E-state index in [1.807, 2.05) is 66.7 Å². The maximum atomic E-state index is 12.8. The summed E-state index contributed by atoms with van der Waals surface area (Å²) >= 11 is 1.30. The van der Waals surface area contributed by atoms with Gasteiger partial charge in [0.15, 0.2) is 0 Å². The normalized spacial score (nSPS) is 11.4. The highest BCUT2D eigenvalue weighted by Gasteiger charge is 2.18. The van der Waals surface area contributed by atoms with Crippen molar-refractivity contribution in [2.75, 3.05) is 7.11 Å². The fourth-order valence-corrected chi connectivity index (χ4v) is 3.80. The van der Waals surface area contributed by atoms with Crippen molar-refractivity contribution in [2.24, 2.45) is 0 Å². The first-order valence-corrected chi connectivity index (χ1v) is 10.4. The first-order chi connectivity index (χ1) is 14.6. The van der Waals surface area contributed by atoms with Gasteiger partial charge in [0.2, 0.25) is 0 Å². The van der Waals surface area contributed by atoms with Gasteiger partial charge in [0.25, 0.3) is 5.91 Å². The summed E-state index contributed by atoms with van der Waals surface area (Å²) in [5.74, 6) is 0.926. The summed E-state index contributed by atoms with van der Waals surface area (Å²) in [6.07, 6.45) is 0. The van der Waals surface area contributed by atoms with Crippen LogP contribution in [-0.4, -0.2) is 24.2 Å². The minimum Gasteiger partial charge on any atom is -0.468 e. The number of carbonyl (C=O) groups excluding carboxylic acids is 2. The van der Waals surface area contributed by atoms with E-state index in [4.69, 9.17) is 9.47 Å². The van der Waals surface area contributed by atoms with Crippen molar-refractivity contribution in [2.45, 2.75) is 23.6 Å². The molecule has 3 rings (SSSR count). The number of rotatable bonds is 8. The summed E-state index contributed by atoms with van der Waals surface area (Å²) in [7, 11) is 1.35. The minimum absolute atomic E-state index is 0.204. The number of hydrogen-bond acceptors (Lipinski definition) is 5. The van der Waals surface area contributed by atoms with Crippen LogP contribution in [0.15, 0.2) is 83.8 Å². The van der Waals surface area contributed by atoms with Gasteiger partial charge in [-0.2, -0.15) is 0 Å². The summed E-state index contributed by atoms with van der Waals surface area (Å²) < 4.78 is 10.6. The van der Waals surface area contributed by atoms with Gasteiger partial charge in [-0.3, -0.25) is 9.59 Å². The van der Waals surface area contributed by atoms with Crippen molar-refractivity contribution in [3.05, 3.63) is 90.0 Å². The second kappa shape index (κ2) is 10.5. The average molecular weight is 422 g/mol. The molecule has 0 aromatic heterocycles. The third-order valence-electron chi connectivity index (χ3n) is 4.30. The van der Waals surface area contributed by atoms with Crippen molar-refractivity contribution in [3.63, 3.8) is 0 Å². The number of amides is 1. The van der Waals surface area contributed by atoms with Crippen LogP contribution in [0.25, 0.3) is 0 Å². The van der Waals surface area contributed by atoms with Gasteiger partial charge >= 0.3 is 5.97 Å². The van der Waals surface area contributed by atoms with Gasteiger partial charge in [-0.1, -0.05) is 42.5 Å². The highest BCUT2D eigenvalue weighted by atomic mass is 32.2. The number of benzene rings is 3. The largest absolute Gasteiger partial charge is 0.468 e. The molecule has 5 nitrogen and oxygen atoms in total. The predicted octanol–water partition coefficient (Wildman–Crippen LogP) is 5.06. The standard InChI is InChI=1S/C24H23NO4S/c1-17(24(27)28-2)30-22-14-7-6-13-21(22)23(26)25-16-18-9-8-12-20(15-18)29-19-10-4-3-5-11-19/h3-15,17H,16H2,1-2H3,(H,25,26). The number of para-hydroxylation sites is 1. The molecule has 6 heteroatoms. The van der Waals surface area contributed by atoms with Crippen molar-refractivity contribution < 1.29 is 19.1 Å². The zero-order valence-corrected chi connectivity index (χ0v) is 17.6. The van der Waals surface area contributed by atoms with Crippen molar-refractivity contribution in [1.29, 1.82) is 0 Å². The van der Waals surface area contributed by atoms with Gasteiger partial charge in [0.1, 0.15) is 16.7 Å². The molecule has 0 saturated heterocycles. The average Bonchev–Trinajstić information content (AvgIpc) is 2.78. The van der Waals surface area contributed by atoms with E-state index in [0.29, 0.717) is 17.9 Å². The van der Waals surface area contributed by atoms with Gasteiger partial charge in [0.05, 0.1) is 12.7 Å². The van der Waals surface area contributed by atoms with E-state index in [0.717, 1.165) is 16.2 Å². The number of ether oxygens (including phenoxy) is 2. The molecule has 1 unspecified atom stereocenters. The Hall–Kier alpha value is -3.25. The molecule has 0 saturated carbocycles. The fourth-order valence-electron chi connectivity index (χ4n) is 2.78. The predicted molar refractivity (Wildman–Crippen MR) is 118 cm³/mol. The van der Waals surface area contributed by atoms with E-state index in [9.17, 15) is 9.59 Å². The zero-order valence-electron chi connectivity index (χ0n) is 16.8. The summed E-state index contributed by atoms with van der Waals surface area (Å²) in [6.45, 7) is 2.11. The molecular formula is C24H23NO4S. The molecule has 0 fully saturated rings. The summed E-state index contributed by atoms with van der Waals surface area (Å²) in [5, 5.41) is 2.53. The third-order valence-corrected chi connectivity index (χ3v) is 5.45. The lowest BCUT2D eigenvalue weighted by Crippen LogP contribution is -2.24. The van der Waals surface area contributed by atoms with Gasteiger partial charge in [-0.05, 0) is 48.9 Å². The molecule has 154 valence electrons. The second-order valence-electron chi connectivity index (χ2n) is 6.52. The monoisotopic (exact) mass is 421 g/mol. The Morgan fingerprint density at radius 2 is 1.63 bits per heavy atom. The highest BCUT2D eigenvalue weighted by Crippen LogP contribution is 2.27. The summed E-state index contributed by atoms with van der Waals surface area (Å²) in [4.78, 5) is 25.2. The molecule has 0 bridgehead atoms. The van der Waals surface area contributed by atoms with Crippen LogP contribution >= 0.6 is 11.8 Å². The zero-order chi connectivity index (χ0) is 21.3. The molecule has 1 amide bonds. The van der Waals surface area contributed by atoms with E-state index >= 15 is 0 Å². The smallest absolute Gasteiger partial charge is 0.318 e. The molecular weight excluding hydrogens is 398 g/mol. The Morgan fingerprint density at radius 3 is 2.40 bits per heavy atom. The molecule has 1 atom stereocenters. The van der Waals surface area contributed by atoms with Crippen LogP contribution in [0.5, 0.6) is 11.5 Å². The third kappa shape index (κ3) is 5.87. The summed E-state index contributed by atoms with van der Waals surface area (Å²) in [6, 6.07) is 24.3. The number of thioether (sulfide) groups is 1. The Kier molecular flexibility index (Phi) is 7.51. The molecule has 30 heavy (non-hydrogen) atoms. The van der Waals surface area contributed by atoms with Crippen LogP contribution in [0.2, 0.25) is 0 Å². The first kappa shape index (κ1) is 21.5. The van der Waals surface area contributed by atoms with Crippen LogP contribution in [0.3, 0.4) is 0 Å². The van der Waals surface area contributed by atoms with Gasteiger partial charge in [-0.15, -0.1) is 11.8 Å². The van der Waals surface area contributed by atoms with E-state index in [-0.39, 0.29) is 11.9 Å². The minimum atomic E-state index is -0.407. The molecule has 1 N–H and O–H groups in total. The van der Waals surface area contributed by atoms with Gasteiger partial charge in [-0.25, -0.2) is 0 Å². The number of hydrogen-bond donors (Lipinski definition) is 1. The molecule has 0 radical (unpaired) electrons. The highest BCUT2D eigenvalue weighted by molar-refractivity contribution is 8.00. The van der Waals surface area contributed by atoms with Crippen molar-refractivity contribution >= 4 is 23.6 Å². The molecule has 0 aliphatic carbocycles. The molecule has 0 spiro atoms. The van der Waals surface area contributed by atoms with Crippen LogP contribution < -0.4 is 10.1 Å². The van der Waals surface area contributed by atoms with Crippen molar-refractivity contribution in [1.82, 2.24) is 5.32 Å². The first-order valence-electron chi connectivity index (χ1n) is 9.50. The Morgan fingerprint density at radius 1 is 0.933 bits per heavy atom. The maximum Gasteiger partial charge on any atom is 0.318 e. The van der Waals surface area contributed by atoms with E-state index in [1.54, 1.807) is 19.1 Å². The van der Waals surface area contributed by atoms with Crippen molar-refractivity contribution in [3.8, 4) is 11.5 Å². The van der Waals surface area contributed by atoms with Crippen LogP contribution in [0.1, 0.15) is 22.8 Å². The van der Waals surface area contributed by atoms with Crippen LogP contribution in [0, 0.1) is 0 Å². The van der Waals surface area contributed by atoms with Crippen LogP contribution in [-0.2, 0) is 16.1 Å². The number of methoxy groups -OCH3 is 1. The van der Waals surface area contributed by atoms with Gasteiger partial charge < -0.3 is 14.8 Å². The maximum absolute atomic E-state index is 12.8. The quantitative estimate of drug-likeness (QED) is 0.407. The SMILES string of the molecule is COC(=O)C(C)Sc1ccccc1C(=O)NCc1cccc(Oc2ccccc2)c1. The Bertz CT molecular complexity index is 1010. The lowest BCUT2D eigenvalue weighted by Gasteiger charge is -2.13. The topological polar surface area (TPSA) is 64.6 Å². The fraction of sp³-hybridized carbons (Fsp3) is 0.167. The van der Waals surface area contributed by atoms with Gasteiger partial charge in [0, 0.05) is 11.4 Å². The number of nitrogens with one attached hydrogen (secondary N) is 1.